The van der Waals surface area contributed by atoms with Crippen LogP contribution in [0.2, 0.25) is 0 Å². The van der Waals surface area contributed by atoms with Crippen LogP contribution in [0.5, 0.6) is 0 Å². The topological polar surface area (TPSA) is 80.5 Å². The van der Waals surface area contributed by atoms with Crippen molar-refractivity contribution in [1.29, 1.82) is 0 Å². The van der Waals surface area contributed by atoms with Gasteiger partial charge in [0, 0.05) is 23.1 Å². The van der Waals surface area contributed by atoms with Gasteiger partial charge in [-0.3, -0.25) is 4.79 Å². The Morgan fingerprint density at radius 2 is 2.05 bits per heavy atom. The summed E-state index contributed by atoms with van der Waals surface area (Å²) in [5.74, 6) is -0.179. The predicted molar refractivity (Wildman–Crippen MR) is 75.2 cm³/mol. The number of primary sulfonamides is 1. The molecule has 1 aromatic rings. The molecule has 1 aromatic carbocycles. The zero-order valence-corrected chi connectivity index (χ0v) is 12.9. The molecule has 1 saturated carbocycles. The maximum atomic E-state index is 12.2. The van der Waals surface area contributed by atoms with Crippen molar-refractivity contribution in [3.63, 3.8) is 0 Å². The minimum Gasteiger partial charge on any atom is -0.339 e. The molecule has 0 aromatic heterocycles. The quantitative estimate of drug-likeness (QED) is 0.904. The van der Waals surface area contributed by atoms with E-state index in [4.69, 9.17) is 5.14 Å². The van der Waals surface area contributed by atoms with Gasteiger partial charge in [-0.15, -0.1) is 0 Å². The Bertz CT molecular complexity index is 611. The molecule has 0 aliphatic heterocycles. The van der Waals surface area contributed by atoms with Gasteiger partial charge in [-0.2, -0.15) is 0 Å². The lowest BCUT2D eigenvalue weighted by Crippen LogP contribution is -2.41. The van der Waals surface area contributed by atoms with Crippen LogP contribution >= 0.6 is 15.9 Å². The van der Waals surface area contributed by atoms with Crippen LogP contribution in [0.25, 0.3) is 0 Å². The van der Waals surface area contributed by atoms with E-state index in [-0.39, 0.29) is 16.8 Å². The Kier molecular flexibility index (Phi) is 3.98. The number of sulfonamides is 1. The monoisotopic (exact) mass is 346 g/mol. The summed E-state index contributed by atoms with van der Waals surface area (Å²) in [5.41, 5.74) is 0.335. The average Bonchev–Trinajstić information content (AvgIpc) is 2.24. The van der Waals surface area contributed by atoms with Crippen LogP contribution < -0.4 is 5.14 Å². The summed E-state index contributed by atoms with van der Waals surface area (Å²) in [7, 11) is -2.10. The number of nitrogens with zero attached hydrogens (tertiary/aromatic N) is 1. The highest BCUT2D eigenvalue weighted by molar-refractivity contribution is 9.10. The van der Waals surface area contributed by atoms with E-state index in [0.717, 1.165) is 19.3 Å². The van der Waals surface area contributed by atoms with Gasteiger partial charge in [0.15, 0.2) is 0 Å². The van der Waals surface area contributed by atoms with Crippen LogP contribution in [0.15, 0.2) is 27.6 Å². The highest BCUT2D eigenvalue weighted by Gasteiger charge is 2.27. The molecule has 0 unspecified atom stereocenters. The number of rotatable bonds is 3. The SMILES string of the molecule is CN(C(=O)c1ccc(Br)c(S(N)(=O)=O)c1)C1CCC1. The summed E-state index contributed by atoms with van der Waals surface area (Å²) >= 11 is 3.12. The van der Waals surface area contributed by atoms with Crippen molar-refractivity contribution in [2.24, 2.45) is 5.14 Å². The Morgan fingerprint density at radius 3 is 2.53 bits per heavy atom. The van der Waals surface area contributed by atoms with Crippen LogP contribution in [0.1, 0.15) is 29.6 Å². The van der Waals surface area contributed by atoms with Crippen molar-refractivity contribution >= 4 is 31.9 Å². The van der Waals surface area contributed by atoms with Gasteiger partial charge in [0.05, 0.1) is 4.90 Å². The lowest BCUT2D eigenvalue weighted by molar-refractivity contribution is 0.0652. The van der Waals surface area contributed by atoms with E-state index < -0.39 is 10.0 Å². The van der Waals surface area contributed by atoms with E-state index >= 15 is 0 Å². The number of carbonyl (C=O) groups is 1. The van der Waals surface area contributed by atoms with Crippen LogP contribution in [-0.4, -0.2) is 32.3 Å². The van der Waals surface area contributed by atoms with Crippen LogP contribution in [0.3, 0.4) is 0 Å². The second-order valence-corrected chi connectivity index (χ2v) is 7.08. The Hall–Kier alpha value is -0.920. The first kappa shape index (κ1) is 14.5. The van der Waals surface area contributed by atoms with Gasteiger partial charge < -0.3 is 4.90 Å². The molecule has 19 heavy (non-hydrogen) atoms. The molecule has 0 saturated heterocycles. The van der Waals surface area contributed by atoms with Crippen molar-refractivity contribution in [2.45, 2.75) is 30.2 Å². The molecule has 0 atom stereocenters. The highest BCUT2D eigenvalue weighted by Crippen LogP contribution is 2.27. The van der Waals surface area contributed by atoms with Crippen molar-refractivity contribution < 1.29 is 13.2 Å². The molecule has 1 amide bonds. The molecule has 0 heterocycles. The van der Waals surface area contributed by atoms with Gasteiger partial charge >= 0.3 is 0 Å². The standard InChI is InChI=1S/C12H15BrN2O3S/c1-15(9-3-2-4-9)12(16)8-5-6-10(13)11(7-8)19(14,17)18/h5-7,9H,2-4H2,1H3,(H2,14,17,18). The molecule has 2 rings (SSSR count). The van der Waals surface area contributed by atoms with Gasteiger partial charge in [0.25, 0.3) is 5.91 Å². The summed E-state index contributed by atoms with van der Waals surface area (Å²) in [5, 5.41) is 5.12. The first-order valence-corrected chi connectivity index (χ1v) is 8.24. The molecule has 1 aliphatic carbocycles. The van der Waals surface area contributed by atoms with E-state index in [1.165, 1.54) is 12.1 Å². The third kappa shape index (κ3) is 2.98. The zero-order chi connectivity index (χ0) is 14.2. The number of hydrogen-bond acceptors (Lipinski definition) is 3. The third-order valence-electron chi connectivity index (χ3n) is 3.43. The molecule has 7 heteroatoms. The molecule has 1 aliphatic rings. The maximum Gasteiger partial charge on any atom is 0.253 e. The van der Waals surface area contributed by atoms with Gasteiger partial charge in [-0.1, -0.05) is 0 Å². The summed E-state index contributed by atoms with van der Waals surface area (Å²) < 4.78 is 23.2. The van der Waals surface area contributed by atoms with Crippen molar-refractivity contribution in [3.8, 4) is 0 Å². The summed E-state index contributed by atoms with van der Waals surface area (Å²) in [6, 6.07) is 4.70. The molecule has 0 spiro atoms. The van der Waals surface area contributed by atoms with Gasteiger partial charge in [-0.05, 0) is 53.4 Å². The summed E-state index contributed by atoms with van der Waals surface area (Å²) in [4.78, 5) is 13.8. The lowest BCUT2D eigenvalue weighted by Gasteiger charge is -2.34. The van der Waals surface area contributed by atoms with Crippen molar-refractivity contribution in [2.75, 3.05) is 7.05 Å². The van der Waals surface area contributed by atoms with E-state index in [1.807, 2.05) is 0 Å². The molecule has 5 nitrogen and oxygen atoms in total. The second-order valence-electron chi connectivity index (χ2n) is 4.69. The molecule has 0 radical (unpaired) electrons. The van der Waals surface area contributed by atoms with Crippen LogP contribution in [-0.2, 0) is 10.0 Å². The number of benzene rings is 1. The van der Waals surface area contributed by atoms with E-state index in [0.29, 0.717) is 10.0 Å². The first-order valence-electron chi connectivity index (χ1n) is 5.90. The Labute approximate surface area is 121 Å². The Balaban J connectivity index is 2.33. The van der Waals surface area contributed by atoms with Crippen LogP contribution in [0, 0.1) is 0 Å². The largest absolute Gasteiger partial charge is 0.339 e. The maximum absolute atomic E-state index is 12.2. The number of amides is 1. The van der Waals surface area contributed by atoms with Crippen molar-refractivity contribution in [3.05, 3.63) is 28.2 Å². The molecule has 1 fully saturated rings. The second kappa shape index (κ2) is 5.22. The molecule has 104 valence electrons. The minimum atomic E-state index is -3.84. The van der Waals surface area contributed by atoms with Crippen LogP contribution in [0.4, 0.5) is 0 Å². The van der Waals surface area contributed by atoms with Crippen molar-refractivity contribution in [1.82, 2.24) is 4.90 Å². The predicted octanol–water partition coefficient (Wildman–Crippen LogP) is 1.72. The molecule has 2 N–H and O–H groups in total. The van der Waals surface area contributed by atoms with Gasteiger partial charge in [0.1, 0.15) is 0 Å². The van der Waals surface area contributed by atoms with E-state index in [2.05, 4.69) is 15.9 Å². The fourth-order valence-corrected chi connectivity index (χ4v) is 3.55. The lowest BCUT2D eigenvalue weighted by atomic mass is 9.91. The van der Waals surface area contributed by atoms with Gasteiger partial charge in [-0.25, -0.2) is 13.6 Å². The smallest absolute Gasteiger partial charge is 0.253 e. The molecule has 0 bridgehead atoms. The van der Waals surface area contributed by atoms with E-state index in [1.54, 1.807) is 18.0 Å². The number of carbonyl (C=O) groups excluding carboxylic acids is 1. The first-order chi connectivity index (χ1) is 8.80. The minimum absolute atomic E-state index is 0.0691. The molecular formula is C12H15BrN2O3S. The van der Waals surface area contributed by atoms with Gasteiger partial charge in [0.2, 0.25) is 10.0 Å². The number of nitrogens with two attached hydrogens (primary N) is 1. The third-order valence-corrected chi connectivity index (χ3v) is 5.33. The Morgan fingerprint density at radius 1 is 1.42 bits per heavy atom. The highest BCUT2D eigenvalue weighted by atomic mass is 79.9. The number of halogens is 1. The fraction of sp³-hybridized carbons (Fsp3) is 0.417. The van der Waals surface area contributed by atoms with E-state index in [9.17, 15) is 13.2 Å². The average molecular weight is 347 g/mol. The summed E-state index contributed by atoms with van der Waals surface area (Å²) in [6.45, 7) is 0. The normalized spacial score (nSPS) is 15.9. The summed E-state index contributed by atoms with van der Waals surface area (Å²) in [6.07, 6.45) is 3.13. The zero-order valence-electron chi connectivity index (χ0n) is 10.5. The molecular weight excluding hydrogens is 332 g/mol. The fourth-order valence-electron chi connectivity index (χ4n) is 2.00. The number of hydrogen-bond donors (Lipinski definition) is 1.